The maximum atomic E-state index is 11.9. The fourth-order valence-electron chi connectivity index (χ4n) is 1.38. The largest absolute Gasteiger partial charge is 0.467 e. The van der Waals surface area contributed by atoms with Crippen molar-refractivity contribution in [3.8, 4) is 0 Å². The molecule has 0 saturated heterocycles. The van der Waals surface area contributed by atoms with Crippen molar-refractivity contribution in [2.45, 2.75) is 6.54 Å². The first-order valence-electron chi connectivity index (χ1n) is 5.18. The molecule has 0 bridgehead atoms. The van der Waals surface area contributed by atoms with Crippen molar-refractivity contribution in [2.75, 3.05) is 0 Å². The number of carbonyl (C=O) groups excluding carboxylic acids is 1. The third kappa shape index (κ3) is 3.16. The molecule has 0 saturated carbocycles. The zero-order valence-corrected chi connectivity index (χ0v) is 11.1. The number of aromatic nitrogens is 1. The van der Waals surface area contributed by atoms with Crippen LogP contribution in [0.5, 0.6) is 0 Å². The second-order valence-electron chi connectivity index (χ2n) is 3.54. The van der Waals surface area contributed by atoms with E-state index in [1.54, 1.807) is 12.1 Å². The Labute approximate surface area is 115 Å². The van der Waals surface area contributed by atoms with Gasteiger partial charge in [-0.2, -0.15) is 0 Å². The van der Waals surface area contributed by atoms with Crippen molar-refractivity contribution in [3.63, 3.8) is 0 Å². The van der Waals surface area contributed by atoms with E-state index in [9.17, 15) is 14.9 Å². The third-order valence-corrected chi connectivity index (χ3v) is 2.91. The van der Waals surface area contributed by atoms with Crippen LogP contribution in [0.3, 0.4) is 0 Å². The molecule has 0 atom stereocenters. The molecule has 0 aliphatic heterocycles. The first-order valence-corrected chi connectivity index (χ1v) is 5.97. The van der Waals surface area contributed by atoms with Gasteiger partial charge in [-0.1, -0.05) is 0 Å². The lowest BCUT2D eigenvalue weighted by Crippen LogP contribution is -2.23. The van der Waals surface area contributed by atoms with Crippen molar-refractivity contribution in [1.82, 2.24) is 10.3 Å². The minimum atomic E-state index is -0.657. The van der Waals surface area contributed by atoms with Crippen molar-refractivity contribution in [3.05, 3.63) is 56.6 Å². The van der Waals surface area contributed by atoms with Gasteiger partial charge in [0.15, 0.2) is 6.20 Å². The molecule has 0 aromatic carbocycles. The highest BCUT2D eigenvalue weighted by molar-refractivity contribution is 9.10. The summed E-state index contributed by atoms with van der Waals surface area (Å²) in [5.74, 6) is -0.242. The molecule has 19 heavy (non-hydrogen) atoms. The van der Waals surface area contributed by atoms with Gasteiger partial charge in [-0.05, 0) is 38.0 Å². The van der Waals surface area contributed by atoms with E-state index < -0.39 is 10.8 Å². The Bertz CT molecular complexity index is 612. The second kappa shape index (κ2) is 5.61. The molecule has 2 aromatic heterocycles. The quantitative estimate of drug-likeness (QED) is 0.686. The molecule has 2 aromatic rings. The summed E-state index contributed by atoms with van der Waals surface area (Å²) in [5, 5.41) is 13.2. The summed E-state index contributed by atoms with van der Waals surface area (Å²) >= 11 is 3.13. The Morgan fingerprint density at radius 2 is 2.37 bits per heavy atom. The smallest absolute Gasteiger partial charge is 0.364 e. The first kappa shape index (κ1) is 13.2. The molecule has 7 nitrogen and oxygen atoms in total. The summed E-state index contributed by atoms with van der Waals surface area (Å²) in [7, 11) is 0. The molecule has 1 N–H and O–H groups in total. The Kier molecular flexibility index (Phi) is 3.91. The highest BCUT2D eigenvalue weighted by Gasteiger charge is 2.17. The van der Waals surface area contributed by atoms with E-state index in [1.165, 1.54) is 12.5 Å². The maximum absolute atomic E-state index is 11.9. The fourth-order valence-corrected chi connectivity index (χ4v) is 1.77. The molecule has 1 amide bonds. The monoisotopic (exact) mass is 325 g/mol. The van der Waals surface area contributed by atoms with Crippen LogP contribution in [0, 0.1) is 10.1 Å². The zero-order chi connectivity index (χ0) is 13.8. The molecule has 98 valence electrons. The first-order chi connectivity index (χ1) is 9.08. The van der Waals surface area contributed by atoms with E-state index in [4.69, 9.17) is 4.42 Å². The summed E-state index contributed by atoms with van der Waals surface area (Å²) < 4.78 is 5.45. The van der Waals surface area contributed by atoms with Gasteiger partial charge >= 0.3 is 5.82 Å². The summed E-state index contributed by atoms with van der Waals surface area (Å²) in [6.07, 6.45) is 2.72. The van der Waals surface area contributed by atoms with E-state index in [2.05, 4.69) is 26.2 Å². The van der Waals surface area contributed by atoms with Gasteiger partial charge in [-0.25, -0.2) is 0 Å². The van der Waals surface area contributed by atoms with Gasteiger partial charge in [-0.3, -0.25) is 4.79 Å². The number of hydrogen-bond donors (Lipinski definition) is 1. The molecular formula is C11H8BrN3O4. The van der Waals surface area contributed by atoms with Crippen molar-refractivity contribution >= 4 is 27.7 Å². The minimum Gasteiger partial charge on any atom is -0.467 e. The highest BCUT2D eigenvalue weighted by Crippen LogP contribution is 2.19. The lowest BCUT2D eigenvalue weighted by atomic mass is 10.2. The number of nitrogens with zero attached hydrogens (tertiary/aromatic N) is 2. The molecule has 8 heteroatoms. The van der Waals surface area contributed by atoms with E-state index in [0.717, 1.165) is 6.07 Å². The van der Waals surface area contributed by atoms with E-state index in [1.807, 2.05) is 0 Å². The van der Waals surface area contributed by atoms with Gasteiger partial charge in [0, 0.05) is 6.07 Å². The average molecular weight is 326 g/mol. The van der Waals surface area contributed by atoms with Gasteiger partial charge in [-0.15, -0.1) is 0 Å². The second-order valence-corrected chi connectivity index (χ2v) is 4.40. The molecule has 0 fully saturated rings. The van der Waals surface area contributed by atoms with Crippen molar-refractivity contribution in [2.24, 2.45) is 0 Å². The molecule has 0 radical (unpaired) electrons. The van der Waals surface area contributed by atoms with Crippen LogP contribution in [-0.4, -0.2) is 15.8 Å². The van der Waals surface area contributed by atoms with Gasteiger partial charge in [0.05, 0.1) is 22.8 Å². The topological polar surface area (TPSA) is 98.3 Å². The molecule has 0 aliphatic rings. The van der Waals surface area contributed by atoms with Crippen molar-refractivity contribution < 1.29 is 14.1 Å². The van der Waals surface area contributed by atoms with Crippen LogP contribution >= 0.6 is 15.9 Å². The van der Waals surface area contributed by atoms with E-state index in [-0.39, 0.29) is 17.9 Å². The third-order valence-electron chi connectivity index (χ3n) is 2.28. The van der Waals surface area contributed by atoms with E-state index in [0.29, 0.717) is 10.2 Å². The number of halogens is 1. The molecule has 0 aliphatic carbocycles. The number of nitro groups is 1. The number of carbonyl (C=O) groups is 1. The molecule has 2 rings (SSSR count). The normalized spacial score (nSPS) is 10.2. The zero-order valence-electron chi connectivity index (χ0n) is 9.50. The molecular weight excluding hydrogens is 318 g/mol. The van der Waals surface area contributed by atoms with Crippen LogP contribution in [0.25, 0.3) is 0 Å². The summed E-state index contributed by atoms with van der Waals surface area (Å²) in [6.45, 7) is 0.203. The summed E-state index contributed by atoms with van der Waals surface area (Å²) in [5.41, 5.74) is 0.147. The molecule has 0 spiro atoms. The number of rotatable bonds is 4. The summed E-state index contributed by atoms with van der Waals surface area (Å²) in [6, 6.07) is 4.53. The average Bonchev–Trinajstić information content (AvgIpc) is 2.89. The van der Waals surface area contributed by atoms with Crippen LogP contribution < -0.4 is 5.32 Å². The van der Waals surface area contributed by atoms with Crippen LogP contribution in [0.15, 0.2) is 39.5 Å². The predicted molar refractivity (Wildman–Crippen MR) is 68.5 cm³/mol. The summed E-state index contributed by atoms with van der Waals surface area (Å²) in [4.78, 5) is 25.4. The fraction of sp³-hybridized carbons (Fsp3) is 0.0909. The van der Waals surface area contributed by atoms with Crippen molar-refractivity contribution in [1.29, 1.82) is 0 Å². The van der Waals surface area contributed by atoms with Gasteiger partial charge in [0.1, 0.15) is 5.76 Å². The van der Waals surface area contributed by atoms with Crippen LogP contribution in [0.2, 0.25) is 0 Å². The van der Waals surface area contributed by atoms with Crippen LogP contribution in [-0.2, 0) is 6.54 Å². The highest BCUT2D eigenvalue weighted by atomic mass is 79.9. The van der Waals surface area contributed by atoms with Gasteiger partial charge < -0.3 is 19.8 Å². The predicted octanol–water partition coefficient (Wildman–Crippen LogP) is 2.28. The SMILES string of the molecule is O=C(NCc1ccco1)c1cc([N+](=O)[O-])ncc1Br. The Morgan fingerprint density at radius 3 is 3.00 bits per heavy atom. The lowest BCUT2D eigenvalue weighted by molar-refractivity contribution is -0.389. The Morgan fingerprint density at radius 1 is 1.58 bits per heavy atom. The van der Waals surface area contributed by atoms with Crippen LogP contribution in [0.1, 0.15) is 16.1 Å². The number of pyridine rings is 1. The Hall–Kier alpha value is -2.22. The standard InChI is InChI=1S/C11H8BrN3O4/c12-9-6-13-10(15(17)18)4-8(9)11(16)14-5-7-2-1-3-19-7/h1-4,6H,5H2,(H,14,16). The van der Waals surface area contributed by atoms with E-state index >= 15 is 0 Å². The molecule has 0 unspecified atom stereocenters. The number of hydrogen-bond acceptors (Lipinski definition) is 5. The number of furan rings is 1. The van der Waals surface area contributed by atoms with Gasteiger partial charge in [0.25, 0.3) is 5.91 Å². The number of nitrogens with one attached hydrogen (secondary N) is 1. The van der Waals surface area contributed by atoms with Gasteiger partial charge in [0.2, 0.25) is 0 Å². The number of amides is 1. The minimum absolute atomic E-state index is 0.147. The lowest BCUT2D eigenvalue weighted by Gasteiger charge is -2.04. The Balaban J connectivity index is 2.14. The maximum Gasteiger partial charge on any atom is 0.364 e. The van der Waals surface area contributed by atoms with Crippen LogP contribution in [0.4, 0.5) is 5.82 Å². The molecule has 2 heterocycles.